The average Bonchev–Trinajstić information content (AvgIpc) is 2.25. The number of phenols is 1. The maximum Gasteiger partial charge on any atom is 0.152 e. The van der Waals surface area contributed by atoms with Crippen LogP contribution in [0.2, 0.25) is 10.0 Å². The van der Waals surface area contributed by atoms with Crippen LogP contribution in [0.3, 0.4) is 0 Å². The predicted molar refractivity (Wildman–Crippen MR) is 76.4 cm³/mol. The van der Waals surface area contributed by atoms with E-state index in [1.807, 2.05) is 0 Å². The van der Waals surface area contributed by atoms with E-state index >= 15 is 0 Å². The SMILES string of the molecule is CCCCC[C@H](N)c1cc(Cl)c(O)c(Cl)c1.Cl. The summed E-state index contributed by atoms with van der Waals surface area (Å²) in [6.45, 7) is 2.15. The smallest absolute Gasteiger partial charge is 0.152 e. The largest absolute Gasteiger partial charge is 0.505 e. The van der Waals surface area contributed by atoms with Crippen LogP contribution in [0.5, 0.6) is 5.75 Å². The van der Waals surface area contributed by atoms with E-state index in [1.165, 1.54) is 12.8 Å². The van der Waals surface area contributed by atoms with Crippen molar-refractivity contribution in [1.29, 1.82) is 0 Å². The van der Waals surface area contributed by atoms with Crippen LogP contribution in [-0.2, 0) is 0 Å². The van der Waals surface area contributed by atoms with Gasteiger partial charge in [-0.1, -0.05) is 49.4 Å². The summed E-state index contributed by atoms with van der Waals surface area (Å²) in [6, 6.07) is 3.29. The van der Waals surface area contributed by atoms with E-state index in [0.717, 1.165) is 18.4 Å². The highest BCUT2D eigenvalue weighted by Gasteiger charge is 2.11. The van der Waals surface area contributed by atoms with Gasteiger partial charge in [-0.15, -0.1) is 12.4 Å². The maximum atomic E-state index is 9.42. The lowest BCUT2D eigenvalue weighted by Crippen LogP contribution is -2.10. The molecule has 3 N–H and O–H groups in total. The molecule has 2 nitrogen and oxygen atoms in total. The highest BCUT2D eigenvalue weighted by Crippen LogP contribution is 2.34. The summed E-state index contributed by atoms with van der Waals surface area (Å²) in [7, 11) is 0. The highest BCUT2D eigenvalue weighted by atomic mass is 35.5. The fourth-order valence-corrected chi connectivity index (χ4v) is 2.08. The van der Waals surface area contributed by atoms with Gasteiger partial charge in [-0.2, -0.15) is 0 Å². The van der Waals surface area contributed by atoms with Crippen molar-refractivity contribution >= 4 is 35.6 Å². The first kappa shape index (κ1) is 16.9. The average molecular weight is 299 g/mol. The molecule has 0 spiro atoms. The second-order valence-electron chi connectivity index (χ2n) is 3.94. The van der Waals surface area contributed by atoms with Gasteiger partial charge in [0.1, 0.15) is 0 Å². The minimum absolute atomic E-state index is 0. The lowest BCUT2D eigenvalue weighted by molar-refractivity contribution is 0.475. The Morgan fingerprint density at radius 1 is 1.24 bits per heavy atom. The molecule has 0 heterocycles. The summed E-state index contributed by atoms with van der Waals surface area (Å²) in [5.74, 6) is -0.0761. The molecular formula is C12H18Cl3NO. The lowest BCUT2D eigenvalue weighted by atomic mass is 10.0. The van der Waals surface area contributed by atoms with E-state index in [4.69, 9.17) is 28.9 Å². The number of halogens is 3. The van der Waals surface area contributed by atoms with Crippen LogP contribution in [0, 0.1) is 0 Å². The predicted octanol–water partition coefficient (Wildman–Crippen LogP) is 4.70. The van der Waals surface area contributed by atoms with Gasteiger partial charge in [0, 0.05) is 6.04 Å². The third-order valence-electron chi connectivity index (χ3n) is 2.59. The Kier molecular flexibility index (Phi) is 7.97. The van der Waals surface area contributed by atoms with Gasteiger partial charge in [0.2, 0.25) is 0 Å². The molecule has 0 fully saturated rings. The summed E-state index contributed by atoms with van der Waals surface area (Å²) in [6.07, 6.45) is 4.34. The molecule has 0 bridgehead atoms. The Labute approximate surface area is 119 Å². The number of unbranched alkanes of at least 4 members (excludes halogenated alkanes) is 2. The Hall–Kier alpha value is -0.150. The number of hydrogen-bond donors (Lipinski definition) is 2. The second-order valence-corrected chi connectivity index (χ2v) is 4.75. The maximum absolute atomic E-state index is 9.42. The van der Waals surface area contributed by atoms with Gasteiger partial charge < -0.3 is 10.8 Å². The molecular weight excluding hydrogens is 280 g/mol. The zero-order chi connectivity index (χ0) is 12.1. The van der Waals surface area contributed by atoms with Crippen molar-refractivity contribution < 1.29 is 5.11 Å². The fraction of sp³-hybridized carbons (Fsp3) is 0.500. The molecule has 1 aromatic rings. The quantitative estimate of drug-likeness (QED) is 0.774. The zero-order valence-electron chi connectivity index (χ0n) is 9.75. The first-order valence-corrected chi connectivity index (χ1v) is 6.25. The molecule has 0 saturated heterocycles. The summed E-state index contributed by atoms with van der Waals surface area (Å²) in [5.41, 5.74) is 6.90. The monoisotopic (exact) mass is 297 g/mol. The van der Waals surface area contributed by atoms with Crippen molar-refractivity contribution in [2.45, 2.75) is 38.6 Å². The molecule has 0 unspecified atom stereocenters. The third-order valence-corrected chi connectivity index (χ3v) is 3.16. The second kappa shape index (κ2) is 8.04. The molecule has 0 amide bonds. The molecule has 0 aliphatic heterocycles. The third kappa shape index (κ3) is 4.92. The van der Waals surface area contributed by atoms with Gasteiger partial charge in [0.25, 0.3) is 0 Å². The summed E-state index contributed by atoms with van der Waals surface area (Å²) >= 11 is 11.7. The summed E-state index contributed by atoms with van der Waals surface area (Å²) in [5, 5.41) is 9.94. The molecule has 1 atom stereocenters. The fourth-order valence-electron chi connectivity index (χ4n) is 1.58. The van der Waals surface area contributed by atoms with E-state index in [9.17, 15) is 5.11 Å². The molecule has 0 aliphatic carbocycles. The van der Waals surface area contributed by atoms with Crippen molar-refractivity contribution in [2.24, 2.45) is 5.73 Å². The van der Waals surface area contributed by atoms with Gasteiger partial charge in [-0.25, -0.2) is 0 Å². The van der Waals surface area contributed by atoms with E-state index in [0.29, 0.717) is 0 Å². The standard InChI is InChI=1S/C12H17Cl2NO.ClH/c1-2-3-4-5-11(15)8-6-9(13)12(16)10(14)7-8;/h6-7,11,16H,2-5,15H2,1H3;1H/t11-;/m0./s1. The van der Waals surface area contributed by atoms with Gasteiger partial charge in [-0.3, -0.25) is 0 Å². The Bertz CT molecular complexity index is 335. The topological polar surface area (TPSA) is 46.2 Å². The molecule has 0 saturated carbocycles. The zero-order valence-corrected chi connectivity index (χ0v) is 12.1. The van der Waals surface area contributed by atoms with Crippen molar-refractivity contribution in [2.75, 3.05) is 0 Å². The van der Waals surface area contributed by atoms with Crippen molar-refractivity contribution in [1.82, 2.24) is 0 Å². The van der Waals surface area contributed by atoms with Crippen LogP contribution >= 0.6 is 35.6 Å². The van der Waals surface area contributed by atoms with Crippen LogP contribution < -0.4 is 5.73 Å². The van der Waals surface area contributed by atoms with Gasteiger partial charge >= 0.3 is 0 Å². The molecule has 98 valence electrons. The first-order chi connectivity index (χ1) is 7.56. The summed E-state index contributed by atoms with van der Waals surface area (Å²) < 4.78 is 0. The van der Waals surface area contributed by atoms with Crippen LogP contribution in [0.1, 0.15) is 44.2 Å². The number of aromatic hydroxyl groups is 1. The minimum Gasteiger partial charge on any atom is -0.505 e. The van der Waals surface area contributed by atoms with Crippen LogP contribution in [-0.4, -0.2) is 5.11 Å². The minimum atomic E-state index is -0.0761. The molecule has 1 aromatic carbocycles. The first-order valence-electron chi connectivity index (χ1n) is 5.49. The van der Waals surface area contributed by atoms with E-state index in [2.05, 4.69) is 6.92 Å². The Morgan fingerprint density at radius 3 is 2.24 bits per heavy atom. The normalized spacial score (nSPS) is 12.0. The van der Waals surface area contributed by atoms with Crippen molar-refractivity contribution in [3.8, 4) is 5.75 Å². The summed E-state index contributed by atoms with van der Waals surface area (Å²) in [4.78, 5) is 0. The number of benzene rings is 1. The highest BCUT2D eigenvalue weighted by molar-refractivity contribution is 6.37. The van der Waals surface area contributed by atoms with Crippen molar-refractivity contribution in [3.63, 3.8) is 0 Å². The number of hydrogen-bond acceptors (Lipinski definition) is 2. The molecule has 17 heavy (non-hydrogen) atoms. The molecule has 5 heteroatoms. The number of phenolic OH excluding ortho intramolecular Hbond substituents is 1. The van der Waals surface area contributed by atoms with Gasteiger partial charge in [-0.05, 0) is 24.1 Å². The molecule has 0 aliphatic rings. The Balaban J connectivity index is 0.00000256. The van der Waals surface area contributed by atoms with E-state index in [1.54, 1.807) is 12.1 Å². The number of rotatable bonds is 5. The van der Waals surface area contributed by atoms with Crippen LogP contribution in [0.15, 0.2) is 12.1 Å². The van der Waals surface area contributed by atoms with Crippen molar-refractivity contribution in [3.05, 3.63) is 27.7 Å². The van der Waals surface area contributed by atoms with Gasteiger partial charge in [0.15, 0.2) is 5.75 Å². The number of nitrogens with two attached hydrogens (primary N) is 1. The lowest BCUT2D eigenvalue weighted by Gasteiger charge is -2.13. The van der Waals surface area contributed by atoms with Crippen LogP contribution in [0.4, 0.5) is 0 Å². The molecule has 0 aromatic heterocycles. The molecule has 1 rings (SSSR count). The van der Waals surface area contributed by atoms with Crippen LogP contribution in [0.25, 0.3) is 0 Å². The Morgan fingerprint density at radius 2 is 1.76 bits per heavy atom. The molecule has 0 radical (unpaired) electrons. The van der Waals surface area contributed by atoms with Gasteiger partial charge in [0.05, 0.1) is 10.0 Å². The van der Waals surface area contributed by atoms with E-state index in [-0.39, 0.29) is 34.2 Å². The van der Waals surface area contributed by atoms with E-state index < -0.39 is 0 Å².